The van der Waals surface area contributed by atoms with Gasteiger partial charge < -0.3 is 15.2 Å². The molecule has 132 valence electrons. The van der Waals surface area contributed by atoms with Crippen molar-refractivity contribution < 1.29 is 19.4 Å². The van der Waals surface area contributed by atoms with Gasteiger partial charge in [-0.15, -0.1) is 0 Å². The number of rotatable bonds is 5. The molecule has 0 saturated carbocycles. The van der Waals surface area contributed by atoms with Gasteiger partial charge in [0, 0.05) is 17.3 Å². The van der Waals surface area contributed by atoms with E-state index in [4.69, 9.17) is 21.4 Å². The summed E-state index contributed by atoms with van der Waals surface area (Å²) in [5.74, 6) is -1.40. The van der Waals surface area contributed by atoms with Crippen LogP contribution in [0.5, 0.6) is 0 Å². The van der Waals surface area contributed by atoms with Crippen LogP contribution in [0.4, 0.5) is 0 Å². The second-order valence-electron chi connectivity index (χ2n) is 6.17. The van der Waals surface area contributed by atoms with Gasteiger partial charge in [0.15, 0.2) is 5.69 Å². The number of carboxylic acid groups (broad SMARTS) is 1. The van der Waals surface area contributed by atoms with Crippen molar-refractivity contribution in [2.45, 2.75) is 25.3 Å². The van der Waals surface area contributed by atoms with Gasteiger partial charge in [0.1, 0.15) is 0 Å². The van der Waals surface area contributed by atoms with Crippen molar-refractivity contribution in [3.8, 4) is 5.69 Å². The van der Waals surface area contributed by atoms with Gasteiger partial charge in [-0.05, 0) is 37.6 Å². The van der Waals surface area contributed by atoms with E-state index in [2.05, 4.69) is 10.4 Å². The predicted octanol–water partition coefficient (Wildman–Crippen LogP) is 2.20. The van der Waals surface area contributed by atoms with Gasteiger partial charge >= 0.3 is 5.97 Å². The first kappa shape index (κ1) is 17.4. The molecule has 3 rings (SSSR count). The minimum atomic E-state index is -0.980. The van der Waals surface area contributed by atoms with E-state index in [1.165, 1.54) is 0 Å². The Bertz CT molecular complexity index is 812. The first-order valence-corrected chi connectivity index (χ1v) is 8.21. The molecule has 1 aromatic carbocycles. The largest absolute Gasteiger partial charge is 0.481 e. The van der Waals surface area contributed by atoms with E-state index in [9.17, 15) is 9.59 Å². The summed E-state index contributed by atoms with van der Waals surface area (Å²) in [7, 11) is 0. The number of carboxylic acids is 1. The predicted molar refractivity (Wildman–Crippen MR) is 91.2 cm³/mol. The Hall–Kier alpha value is -2.38. The molecule has 1 unspecified atom stereocenters. The number of carbonyl (C=O) groups excluding carboxylic acids is 1. The maximum atomic E-state index is 12.6. The maximum absolute atomic E-state index is 12.6. The lowest BCUT2D eigenvalue weighted by Gasteiger charge is -2.26. The molecule has 1 aliphatic heterocycles. The summed E-state index contributed by atoms with van der Waals surface area (Å²) in [6.45, 7) is 2.43. The van der Waals surface area contributed by atoms with Crippen LogP contribution in [-0.2, 0) is 9.53 Å². The molecule has 0 bridgehead atoms. The highest BCUT2D eigenvalue weighted by molar-refractivity contribution is 6.30. The van der Waals surface area contributed by atoms with Crippen molar-refractivity contribution in [3.63, 3.8) is 0 Å². The number of ether oxygens (including phenoxy) is 1. The Morgan fingerprint density at radius 3 is 2.88 bits per heavy atom. The highest BCUT2D eigenvalue weighted by Gasteiger charge is 2.39. The van der Waals surface area contributed by atoms with Gasteiger partial charge in [0.2, 0.25) is 0 Å². The van der Waals surface area contributed by atoms with Crippen molar-refractivity contribution in [3.05, 3.63) is 46.7 Å². The van der Waals surface area contributed by atoms with Crippen LogP contribution in [0.25, 0.3) is 5.69 Å². The molecule has 1 aliphatic rings. The second-order valence-corrected chi connectivity index (χ2v) is 6.61. The number of aromatic nitrogens is 2. The van der Waals surface area contributed by atoms with Crippen LogP contribution in [-0.4, -0.2) is 45.5 Å². The highest BCUT2D eigenvalue weighted by atomic mass is 35.5. The summed E-state index contributed by atoms with van der Waals surface area (Å²) in [6.07, 6.45) is 0.270. The minimum Gasteiger partial charge on any atom is -0.481 e. The molecule has 7 nitrogen and oxygen atoms in total. The van der Waals surface area contributed by atoms with Crippen LogP contribution in [0, 0.1) is 6.92 Å². The van der Waals surface area contributed by atoms with Crippen LogP contribution in [0.3, 0.4) is 0 Å². The molecule has 2 N–H and O–H groups in total. The summed E-state index contributed by atoms with van der Waals surface area (Å²) in [6, 6.07) is 8.80. The quantitative estimate of drug-likeness (QED) is 0.849. The van der Waals surface area contributed by atoms with Gasteiger partial charge in [-0.1, -0.05) is 17.7 Å². The van der Waals surface area contributed by atoms with Gasteiger partial charge in [-0.3, -0.25) is 9.59 Å². The van der Waals surface area contributed by atoms with Gasteiger partial charge in [0.25, 0.3) is 5.91 Å². The molecule has 2 heterocycles. The number of hydrogen-bond acceptors (Lipinski definition) is 4. The fourth-order valence-corrected chi connectivity index (χ4v) is 3.12. The molecule has 1 saturated heterocycles. The molecule has 8 heteroatoms. The number of benzene rings is 1. The molecule has 1 aromatic heterocycles. The maximum Gasteiger partial charge on any atom is 0.305 e. The third-order valence-electron chi connectivity index (χ3n) is 4.14. The SMILES string of the molecule is Cc1cc(C(=O)NC2(CC(=O)O)CCOC2)nn1-c1cccc(Cl)c1. The van der Waals surface area contributed by atoms with Crippen molar-refractivity contribution in [1.29, 1.82) is 0 Å². The summed E-state index contributed by atoms with van der Waals surface area (Å²) in [5, 5.41) is 16.8. The van der Waals surface area contributed by atoms with Crippen LogP contribution >= 0.6 is 11.6 Å². The average molecular weight is 364 g/mol. The number of aliphatic carboxylic acids is 1. The van der Waals surface area contributed by atoms with E-state index in [0.717, 1.165) is 11.4 Å². The smallest absolute Gasteiger partial charge is 0.305 e. The number of nitrogens with zero attached hydrogens (tertiary/aromatic N) is 2. The summed E-state index contributed by atoms with van der Waals surface area (Å²) in [5.41, 5.74) is 0.835. The van der Waals surface area contributed by atoms with Crippen molar-refractivity contribution in [1.82, 2.24) is 15.1 Å². The van der Waals surface area contributed by atoms with E-state index in [1.54, 1.807) is 28.9 Å². The summed E-state index contributed by atoms with van der Waals surface area (Å²) < 4.78 is 6.91. The molecule has 0 radical (unpaired) electrons. The number of aryl methyl sites for hydroxylation is 1. The van der Waals surface area contributed by atoms with Crippen molar-refractivity contribution in [2.75, 3.05) is 13.2 Å². The zero-order chi connectivity index (χ0) is 18.0. The van der Waals surface area contributed by atoms with Gasteiger partial charge in [-0.25, -0.2) is 4.68 Å². The third-order valence-corrected chi connectivity index (χ3v) is 4.38. The second kappa shape index (κ2) is 6.85. The lowest BCUT2D eigenvalue weighted by Crippen LogP contribution is -2.50. The van der Waals surface area contributed by atoms with E-state index >= 15 is 0 Å². The number of carbonyl (C=O) groups is 2. The number of hydrogen-bond donors (Lipinski definition) is 2. The molecular formula is C17H18ClN3O4. The first-order valence-electron chi connectivity index (χ1n) is 7.83. The van der Waals surface area contributed by atoms with Crippen molar-refractivity contribution >= 4 is 23.5 Å². The molecular weight excluding hydrogens is 346 g/mol. The Morgan fingerprint density at radius 1 is 1.44 bits per heavy atom. The molecule has 2 aromatic rings. The zero-order valence-electron chi connectivity index (χ0n) is 13.7. The summed E-state index contributed by atoms with van der Waals surface area (Å²) in [4.78, 5) is 23.7. The van der Waals surface area contributed by atoms with Crippen LogP contribution in [0.2, 0.25) is 5.02 Å². The lowest BCUT2D eigenvalue weighted by atomic mass is 9.94. The van der Waals surface area contributed by atoms with Gasteiger partial charge in [0.05, 0.1) is 24.3 Å². The molecule has 0 spiro atoms. The van der Waals surface area contributed by atoms with Crippen LogP contribution < -0.4 is 5.32 Å². The number of nitrogens with one attached hydrogen (secondary N) is 1. The standard InChI is InChI=1S/C17H18ClN3O4/c1-11-7-14(20-21(11)13-4-2-3-12(18)8-13)16(24)19-17(9-15(22)23)5-6-25-10-17/h2-4,7-8H,5-6,9-10H2,1H3,(H,19,24)(H,22,23). The number of amides is 1. The van der Waals surface area contributed by atoms with Crippen LogP contribution in [0.15, 0.2) is 30.3 Å². The van der Waals surface area contributed by atoms with E-state index in [0.29, 0.717) is 18.1 Å². The Kier molecular flexibility index (Phi) is 4.78. The topological polar surface area (TPSA) is 93.5 Å². The van der Waals surface area contributed by atoms with E-state index in [-0.39, 0.29) is 18.7 Å². The fourth-order valence-electron chi connectivity index (χ4n) is 2.94. The number of halogens is 1. The Balaban J connectivity index is 1.83. The van der Waals surface area contributed by atoms with Crippen molar-refractivity contribution in [2.24, 2.45) is 0 Å². The molecule has 0 aliphatic carbocycles. The fraction of sp³-hybridized carbons (Fsp3) is 0.353. The molecule has 1 fully saturated rings. The minimum absolute atomic E-state index is 0.180. The highest BCUT2D eigenvalue weighted by Crippen LogP contribution is 2.24. The monoisotopic (exact) mass is 363 g/mol. The summed E-state index contributed by atoms with van der Waals surface area (Å²) >= 11 is 6.01. The Labute approximate surface area is 149 Å². The van der Waals surface area contributed by atoms with E-state index in [1.807, 2.05) is 13.0 Å². The van der Waals surface area contributed by atoms with Crippen LogP contribution in [0.1, 0.15) is 29.0 Å². The molecule has 1 amide bonds. The lowest BCUT2D eigenvalue weighted by molar-refractivity contribution is -0.138. The van der Waals surface area contributed by atoms with Gasteiger partial charge in [-0.2, -0.15) is 5.10 Å². The Morgan fingerprint density at radius 2 is 2.24 bits per heavy atom. The molecule has 25 heavy (non-hydrogen) atoms. The first-order chi connectivity index (χ1) is 11.9. The zero-order valence-corrected chi connectivity index (χ0v) is 14.4. The van der Waals surface area contributed by atoms with E-state index < -0.39 is 17.4 Å². The molecule has 1 atom stereocenters. The normalized spacial score (nSPS) is 19.8. The average Bonchev–Trinajstić information content (AvgIpc) is 3.13. The third kappa shape index (κ3) is 3.83.